The summed E-state index contributed by atoms with van der Waals surface area (Å²) in [5, 5.41) is 0. The standard InChI is InChI=1S/C25H26N2O5S/c1-18-15-19-9-7-8-12-22(19)27(18)25(28)17-26(33(29,30)21-10-5-4-6-11-21)23-16-20(31-2)13-14-24(23)32-3/h4-14,16,18H,15,17H2,1-3H3/t18-/m1/s1. The number of ether oxygens (including phenoxy) is 2. The van der Waals surface area contributed by atoms with Crippen LogP contribution in [0.2, 0.25) is 0 Å². The maximum Gasteiger partial charge on any atom is 0.264 e. The van der Waals surface area contributed by atoms with Crippen LogP contribution in [0.4, 0.5) is 11.4 Å². The molecule has 1 aliphatic rings. The predicted molar refractivity (Wildman–Crippen MR) is 128 cm³/mol. The van der Waals surface area contributed by atoms with Crippen LogP contribution < -0.4 is 18.7 Å². The summed E-state index contributed by atoms with van der Waals surface area (Å²) < 4.78 is 39.3. The molecule has 1 aliphatic heterocycles. The van der Waals surface area contributed by atoms with Gasteiger partial charge in [-0.25, -0.2) is 8.42 Å². The molecule has 0 unspecified atom stereocenters. The highest BCUT2D eigenvalue weighted by atomic mass is 32.2. The third kappa shape index (κ3) is 4.26. The summed E-state index contributed by atoms with van der Waals surface area (Å²) in [5.41, 5.74) is 2.11. The van der Waals surface area contributed by atoms with Crippen LogP contribution >= 0.6 is 0 Å². The maximum atomic E-state index is 13.7. The number of rotatable bonds is 7. The highest BCUT2D eigenvalue weighted by molar-refractivity contribution is 7.92. The lowest BCUT2D eigenvalue weighted by Crippen LogP contribution is -2.45. The van der Waals surface area contributed by atoms with E-state index in [0.29, 0.717) is 11.5 Å². The molecule has 0 bridgehead atoms. The van der Waals surface area contributed by atoms with Gasteiger partial charge in [-0.2, -0.15) is 0 Å². The predicted octanol–water partition coefficient (Wildman–Crippen LogP) is 3.88. The Morgan fingerprint density at radius 1 is 1.00 bits per heavy atom. The van der Waals surface area contributed by atoms with Crippen molar-refractivity contribution in [3.05, 3.63) is 78.4 Å². The lowest BCUT2D eigenvalue weighted by atomic mass is 10.1. The number of carbonyl (C=O) groups excluding carboxylic acids is 1. The first-order valence-electron chi connectivity index (χ1n) is 10.6. The average molecular weight is 467 g/mol. The monoisotopic (exact) mass is 466 g/mol. The molecule has 1 amide bonds. The molecule has 8 heteroatoms. The summed E-state index contributed by atoms with van der Waals surface area (Å²) in [5.74, 6) is 0.446. The molecule has 1 atom stereocenters. The molecule has 33 heavy (non-hydrogen) atoms. The highest BCUT2D eigenvalue weighted by Gasteiger charge is 2.35. The molecule has 0 N–H and O–H groups in total. The summed E-state index contributed by atoms with van der Waals surface area (Å²) in [7, 11) is -1.13. The van der Waals surface area contributed by atoms with E-state index in [2.05, 4.69) is 0 Å². The molecule has 0 aliphatic carbocycles. The van der Waals surface area contributed by atoms with Crippen LogP contribution in [0.3, 0.4) is 0 Å². The summed E-state index contributed by atoms with van der Waals surface area (Å²) >= 11 is 0. The van der Waals surface area contributed by atoms with Crippen LogP contribution in [0.15, 0.2) is 77.7 Å². The number of carbonyl (C=O) groups is 1. The van der Waals surface area contributed by atoms with Crippen molar-refractivity contribution >= 4 is 27.3 Å². The van der Waals surface area contributed by atoms with Crippen molar-refractivity contribution in [2.24, 2.45) is 0 Å². The molecule has 0 fully saturated rings. The van der Waals surface area contributed by atoms with Gasteiger partial charge in [0.25, 0.3) is 10.0 Å². The Morgan fingerprint density at radius 2 is 1.70 bits per heavy atom. The Labute approximate surface area is 194 Å². The van der Waals surface area contributed by atoms with Crippen LogP contribution in [0.5, 0.6) is 11.5 Å². The number of hydrogen-bond acceptors (Lipinski definition) is 5. The van der Waals surface area contributed by atoms with Gasteiger partial charge in [0, 0.05) is 17.8 Å². The topological polar surface area (TPSA) is 76.2 Å². The summed E-state index contributed by atoms with van der Waals surface area (Å²) in [6, 6.07) is 20.5. The summed E-state index contributed by atoms with van der Waals surface area (Å²) in [6.07, 6.45) is 0.718. The number of methoxy groups -OCH3 is 2. The molecule has 172 valence electrons. The van der Waals surface area contributed by atoms with E-state index >= 15 is 0 Å². The van der Waals surface area contributed by atoms with Gasteiger partial charge in [-0.15, -0.1) is 0 Å². The number of fused-ring (bicyclic) bond motifs is 1. The summed E-state index contributed by atoms with van der Waals surface area (Å²) in [6.45, 7) is 1.57. The van der Waals surface area contributed by atoms with E-state index < -0.39 is 10.0 Å². The minimum atomic E-state index is -4.08. The number of para-hydroxylation sites is 1. The van der Waals surface area contributed by atoms with Crippen LogP contribution in [0, 0.1) is 0 Å². The lowest BCUT2D eigenvalue weighted by molar-refractivity contribution is -0.117. The second kappa shape index (κ2) is 9.15. The van der Waals surface area contributed by atoms with E-state index in [9.17, 15) is 13.2 Å². The van der Waals surface area contributed by atoms with Crippen molar-refractivity contribution in [1.82, 2.24) is 0 Å². The number of hydrogen-bond donors (Lipinski definition) is 0. The number of benzene rings is 3. The number of sulfonamides is 1. The molecule has 4 rings (SSSR count). The van der Waals surface area contributed by atoms with Crippen LogP contribution in [0.1, 0.15) is 12.5 Å². The fourth-order valence-corrected chi connectivity index (χ4v) is 5.59. The first-order chi connectivity index (χ1) is 15.9. The van der Waals surface area contributed by atoms with Gasteiger partial charge in [-0.05, 0) is 49.2 Å². The zero-order valence-corrected chi connectivity index (χ0v) is 19.6. The Hall–Kier alpha value is -3.52. The number of amides is 1. The second-order valence-electron chi connectivity index (χ2n) is 7.81. The molecule has 0 aromatic heterocycles. The van der Waals surface area contributed by atoms with Crippen molar-refractivity contribution in [1.29, 1.82) is 0 Å². The molecule has 3 aromatic rings. The molecule has 0 saturated carbocycles. The van der Waals surface area contributed by atoms with Gasteiger partial charge in [-0.1, -0.05) is 36.4 Å². The fraction of sp³-hybridized carbons (Fsp3) is 0.240. The first-order valence-corrected chi connectivity index (χ1v) is 12.0. The average Bonchev–Trinajstić information content (AvgIpc) is 3.18. The Balaban J connectivity index is 1.80. The van der Waals surface area contributed by atoms with Gasteiger partial charge in [-0.3, -0.25) is 9.10 Å². The van der Waals surface area contributed by atoms with Crippen LogP contribution in [-0.4, -0.2) is 41.1 Å². The van der Waals surface area contributed by atoms with E-state index in [1.165, 1.54) is 26.4 Å². The first kappa shape index (κ1) is 22.7. The van der Waals surface area contributed by atoms with Gasteiger partial charge in [0.15, 0.2) is 0 Å². The Kier molecular flexibility index (Phi) is 6.29. The van der Waals surface area contributed by atoms with Crippen LogP contribution in [0.25, 0.3) is 0 Å². The molecule has 0 spiro atoms. The van der Waals surface area contributed by atoms with Crippen molar-refractivity contribution in [2.45, 2.75) is 24.3 Å². The molecular formula is C25H26N2O5S. The zero-order valence-electron chi connectivity index (χ0n) is 18.8. The van der Waals surface area contributed by atoms with E-state index in [1.807, 2.05) is 31.2 Å². The Morgan fingerprint density at radius 3 is 2.39 bits per heavy atom. The van der Waals surface area contributed by atoms with Gasteiger partial charge in [0.2, 0.25) is 5.91 Å². The van der Waals surface area contributed by atoms with Crippen molar-refractivity contribution in [3.8, 4) is 11.5 Å². The number of anilines is 2. The van der Waals surface area contributed by atoms with Gasteiger partial charge in [0.05, 0.1) is 24.8 Å². The van der Waals surface area contributed by atoms with Crippen LogP contribution in [-0.2, 0) is 21.2 Å². The van der Waals surface area contributed by atoms with Gasteiger partial charge in [0.1, 0.15) is 18.0 Å². The zero-order chi connectivity index (χ0) is 23.6. The van der Waals surface area contributed by atoms with E-state index in [4.69, 9.17) is 9.47 Å². The lowest BCUT2D eigenvalue weighted by Gasteiger charge is -2.29. The van der Waals surface area contributed by atoms with Crippen molar-refractivity contribution < 1.29 is 22.7 Å². The van der Waals surface area contributed by atoms with Gasteiger partial charge < -0.3 is 14.4 Å². The molecule has 1 heterocycles. The smallest absolute Gasteiger partial charge is 0.264 e. The minimum Gasteiger partial charge on any atom is -0.497 e. The quantitative estimate of drug-likeness (QED) is 0.528. The highest BCUT2D eigenvalue weighted by Crippen LogP contribution is 2.37. The third-order valence-electron chi connectivity index (χ3n) is 5.74. The minimum absolute atomic E-state index is 0.0802. The van der Waals surface area contributed by atoms with E-state index in [1.54, 1.807) is 41.3 Å². The van der Waals surface area contributed by atoms with Crippen molar-refractivity contribution in [2.75, 3.05) is 30.0 Å². The SMILES string of the molecule is COc1ccc(OC)c(N(CC(=O)N2c3ccccc3C[C@H]2C)S(=O)(=O)c2ccccc2)c1. The third-order valence-corrected chi connectivity index (χ3v) is 7.51. The van der Waals surface area contributed by atoms with Crippen molar-refractivity contribution in [3.63, 3.8) is 0 Å². The van der Waals surface area contributed by atoms with E-state index in [0.717, 1.165) is 22.0 Å². The largest absolute Gasteiger partial charge is 0.497 e. The molecule has 7 nitrogen and oxygen atoms in total. The second-order valence-corrected chi connectivity index (χ2v) is 9.67. The fourth-order valence-electron chi connectivity index (χ4n) is 4.16. The van der Waals surface area contributed by atoms with E-state index in [-0.39, 0.29) is 29.1 Å². The maximum absolute atomic E-state index is 13.7. The molecule has 3 aromatic carbocycles. The molecular weight excluding hydrogens is 440 g/mol. The van der Waals surface area contributed by atoms with Gasteiger partial charge >= 0.3 is 0 Å². The number of nitrogens with zero attached hydrogens (tertiary/aromatic N) is 2. The summed E-state index contributed by atoms with van der Waals surface area (Å²) in [4.78, 5) is 15.3. The molecule has 0 radical (unpaired) electrons. The normalized spacial score (nSPS) is 15.1. The molecule has 0 saturated heterocycles. The Bertz CT molecular complexity index is 1260.